The maximum Gasteiger partial charge on any atom is 0.404 e. The van der Waals surface area contributed by atoms with Crippen molar-refractivity contribution in [1.82, 2.24) is 4.98 Å². The van der Waals surface area contributed by atoms with Crippen molar-refractivity contribution in [3.63, 3.8) is 0 Å². The molecule has 2 aliphatic rings. The molecule has 2 unspecified atom stereocenters. The second-order valence-corrected chi connectivity index (χ2v) is 4.69. The van der Waals surface area contributed by atoms with Gasteiger partial charge in [-0.2, -0.15) is 0 Å². The van der Waals surface area contributed by atoms with Crippen molar-refractivity contribution < 1.29 is 14.3 Å². The summed E-state index contributed by atoms with van der Waals surface area (Å²) in [5.41, 5.74) is 6.12. The smallest absolute Gasteiger partial charge is 0.404 e. The molecule has 1 saturated heterocycles. The fourth-order valence-corrected chi connectivity index (χ4v) is 2.63. The van der Waals surface area contributed by atoms with Crippen LogP contribution in [0.2, 0.25) is 0 Å². The first-order valence-corrected chi connectivity index (χ1v) is 5.96. The molecular weight excluding hydrogens is 234 g/mol. The molecule has 18 heavy (non-hydrogen) atoms. The topological polar surface area (TPSA) is 77.7 Å². The Kier molecular flexibility index (Phi) is 2.50. The molecule has 1 aromatic rings. The first-order chi connectivity index (χ1) is 8.65. The van der Waals surface area contributed by atoms with E-state index in [2.05, 4.69) is 9.88 Å². The minimum Gasteiger partial charge on any atom is -0.487 e. The fraction of sp³-hybridized carbons (Fsp3) is 0.500. The van der Waals surface area contributed by atoms with Crippen LogP contribution in [0, 0.1) is 6.92 Å². The Bertz CT molecular complexity index is 491. The van der Waals surface area contributed by atoms with Crippen molar-refractivity contribution in [3.05, 3.63) is 17.8 Å². The third kappa shape index (κ3) is 1.73. The van der Waals surface area contributed by atoms with E-state index in [1.54, 1.807) is 6.20 Å². The van der Waals surface area contributed by atoms with Gasteiger partial charge in [0.05, 0.1) is 12.6 Å². The Morgan fingerprint density at radius 2 is 2.50 bits per heavy atom. The number of pyridine rings is 1. The number of fused-ring (bicyclic) bond motifs is 3. The number of aromatic nitrogens is 1. The summed E-state index contributed by atoms with van der Waals surface area (Å²) in [5.74, 6) is 1.66. The zero-order chi connectivity index (χ0) is 12.7. The molecule has 96 valence electrons. The van der Waals surface area contributed by atoms with E-state index in [-0.39, 0.29) is 12.1 Å². The molecule has 3 rings (SSSR count). The largest absolute Gasteiger partial charge is 0.487 e. The van der Waals surface area contributed by atoms with Crippen LogP contribution < -0.4 is 15.4 Å². The summed E-state index contributed by atoms with van der Waals surface area (Å²) in [6, 6.07) is 2.13. The molecule has 6 nitrogen and oxygen atoms in total. The lowest BCUT2D eigenvalue weighted by molar-refractivity contribution is 0.114. The minimum atomic E-state index is -0.724. The predicted octanol–water partition coefficient (Wildman–Crippen LogP) is 0.825. The van der Waals surface area contributed by atoms with Crippen LogP contribution in [0.4, 0.5) is 10.6 Å². The van der Waals surface area contributed by atoms with Crippen molar-refractivity contribution in [1.29, 1.82) is 0 Å². The molecule has 1 amide bonds. The van der Waals surface area contributed by atoms with Gasteiger partial charge in [0.25, 0.3) is 0 Å². The SMILES string of the molecule is Cc1ccnc2c1OCC1CC(OC(N)=O)CN21. The summed E-state index contributed by atoms with van der Waals surface area (Å²) in [4.78, 5) is 17.3. The lowest BCUT2D eigenvalue weighted by Crippen LogP contribution is -2.39. The summed E-state index contributed by atoms with van der Waals surface area (Å²) in [6.45, 7) is 3.22. The van der Waals surface area contributed by atoms with Gasteiger partial charge in [-0.3, -0.25) is 0 Å². The van der Waals surface area contributed by atoms with E-state index in [9.17, 15) is 4.79 Å². The van der Waals surface area contributed by atoms with E-state index in [0.29, 0.717) is 13.2 Å². The van der Waals surface area contributed by atoms with E-state index in [4.69, 9.17) is 15.2 Å². The van der Waals surface area contributed by atoms with Crippen LogP contribution in [0.1, 0.15) is 12.0 Å². The van der Waals surface area contributed by atoms with Crippen molar-refractivity contribution >= 4 is 11.9 Å². The summed E-state index contributed by atoms with van der Waals surface area (Å²) >= 11 is 0. The molecular formula is C12H15N3O3. The zero-order valence-corrected chi connectivity index (χ0v) is 10.1. The highest BCUT2D eigenvalue weighted by atomic mass is 16.6. The minimum absolute atomic E-state index is 0.177. The average Bonchev–Trinajstić information content (AvgIpc) is 2.71. The van der Waals surface area contributed by atoms with Crippen molar-refractivity contribution in [2.75, 3.05) is 18.1 Å². The molecule has 0 bridgehead atoms. The Morgan fingerprint density at radius 1 is 1.67 bits per heavy atom. The number of ether oxygens (including phenoxy) is 2. The highest BCUT2D eigenvalue weighted by molar-refractivity contribution is 5.65. The molecule has 0 aliphatic carbocycles. The highest BCUT2D eigenvalue weighted by Gasteiger charge is 2.39. The summed E-state index contributed by atoms with van der Waals surface area (Å²) in [5, 5.41) is 0. The molecule has 0 saturated carbocycles. The van der Waals surface area contributed by atoms with Crippen molar-refractivity contribution in [3.8, 4) is 5.75 Å². The van der Waals surface area contributed by atoms with E-state index in [0.717, 1.165) is 23.6 Å². The predicted molar refractivity (Wildman–Crippen MR) is 64.7 cm³/mol. The molecule has 0 spiro atoms. The zero-order valence-electron chi connectivity index (χ0n) is 10.1. The summed E-state index contributed by atoms with van der Waals surface area (Å²) < 4.78 is 10.8. The van der Waals surface area contributed by atoms with E-state index < -0.39 is 6.09 Å². The summed E-state index contributed by atoms with van der Waals surface area (Å²) in [6.07, 6.45) is 1.60. The number of anilines is 1. The molecule has 6 heteroatoms. The quantitative estimate of drug-likeness (QED) is 0.797. The number of carbonyl (C=O) groups excluding carboxylic acids is 1. The number of hydrogen-bond acceptors (Lipinski definition) is 5. The first-order valence-electron chi connectivity index (χ1n) is 5.96. The van der Waals surface area contributed by atoms with Crippen molar-refractivity contribution in [2.45, 2.75) is 25.5 Å². The van der Waals surface area contributed by atoms with Gasteiger partial charge >= 0.3 is 6.09 Å². The Balaban J connectivity index is 1.86. The van der Waals surface area contributed by atoms with Gasteiger partial charge in [0, 0.05) is 12.6 Å². The van der Waals surface area contributed by atoms with Gasteiger partial charge in [0.2, 0.25) is 0 Å². The third-order valence-corrected chi connectivity index (χ3v) is 3.43. The molecule has 2 N–H and O–H groups in total. The molecule has 3 heterocycles. The maximum absolute atomic E-state index is 10.8. The number of nitrogens with two attached hydrogens (primary N) is 1. The number of primary amides is 1. The normalized spacial score (nSPS) is 25.1. The van der Waals surface area contributed by atoms with Crippen LogP contribution in [0.15, 0.2) is 12.3 Å². The van der Waals surface area contributed by atoms with E-state index >= 15 is 0 Å². The van der Waals surface area contributed by atoms with E-state index in [1.807, 2.05) is 13.0 Å². The lowest BCUT2D eigenvalue weighted by Gasteiger charge is -2.32. The number of aryl methyl sites for hydroxylation is 1. The standard InChI is InChI=1S/C12H15N3O3/c1-7-2-3-14-11-10(7)17-6-8-4-9(5-15(8)11)18-12(13)16/h2-3,8-9H,4-6H2,1H3,(H2,13,16). The monoisotopic (exact) mass is 249 g/mol. The average molecular weight is 249 g/mol. The van der Waals surface area contributed by atoms with Gasteiger partial charge in [-0.1, -0.05) is 0 Å². The number of nitrogens with zero attached hydrogens (tertiary/aromatic N) is 2. The van der Waals surface area contributed by atoms with Crippen LogP contribution in [0.25, 0.3) is 0 Å². The first kappa shape index (κ1) is 11.1. The Morgan fingerprint density at radius 3 is 3.28 bits per heavy atom. The van der Waals surface area contributed by atoms with E-state index in [1.165, 1.54) is 0 Å². The number of hydrogen-bond donors (Lipinski definition) is 1. The van der Waals surface area contributed by atoms with Gasteiger partial charge in [0.15, 0.2) is 11.6 Å². The molecule has 2 atom stereocenters. The summed E-state index contributed by atoms with van der Waals surface area (Å²) in [7, 11) is 0. The number of amides is 1. The molecule has 1 aromatic heterocycles. The lowest BCUT2D eigenvalue weighted by atomic mass is 10.1. The van der Waals surface area contributed by atoms with Crippen LogP contribution in [-0.4, -0.2) is 36.4 Å². The highest BCUT2D eigenvalue weighted by Crippen LogP contribution is 2.38. The van der Waals surface area contributed by atoms with Crippen LogP contribution in [0.5, 0.6) is 5.75 Å². The maximum atomic E-state index is 10.8. The van der Waals surface area contributed by atoms with Crippen LogP contribution >= 0.6 is 0 Å². The molecule has 0 radical (unpaired) electrons. The van der Waals surface area contributed by atoms with Gasteiger partial charge in [-0.15, -0.1) is 0 Å². The second-order valence-electron chi connectivity index (χ2n) is 4.69. The molecule has 1 fully saturated rings. The van der Waals surface area contributed by atoms with Gasteiger partial charge in [0.1, 0.15) is 12.7 Å². The van der Waals surface area contributed by atoms with Gasteiger partial charge in [-0.05, 0) is 18.6 Å². The van der Waals surface area contributed by atoms with Gasteiger partial charge < -0.3 is 20.1 Å². The Labute approximate surface area is 105 Å². The molecule has 2 aliphatic heterocycles. The van der Waals surface area contributed by atoms with Crippen LogP contribution in [0.3, 0.4) is 0 Å². The second kappa shape index (κ2) is 4.04. The Hall–Kier alpha value is -1.98. The fourth-order valence-electron chi connectivity index (χ4n) is 2.63. The number of rotatable bonds is 1. The van der Waals surface area contributed by atoms with Crippen LogP contribution in [-0.2, 0) is 4.74 Å². The molecule has 0 aromatic carbocycles. The van der Waals surface area contributed by atoms with Gasteiger partial charge in [-0.25, -0.2) is 9.78 Å². The third-order valence-electron chi connectivity index (χ3n) is 3.43. The van der Waals surface area contributed by atoms with Crippen molar-refractivity contribution in [2.24, 2.45) is 5.73 Å². The number of carbonyl (C=O) groups is 1.